The van der Waals surface area contributed by atoms with Gasteiger partial charge in [0.15, 0.2) is 5.78 Å². The minimum absolute atomic E-state index is 0.0144. The fourth-order valence-corrected chi connectivity index (χ4v) is 10.7. The molecule has 1 amide bonds. The average Bonchev–Trinajstić information content (AvgIpc) is 3.50. The third-order valence-corrected chi connectivity index (χ3v) is 16.0. The summed E-state index contributed by atoms with van der Waals surface area (Å²) in [6.45, 7) is 13.5. The van der Waals surface area contributed by atoms with Crippen LogP contribution in [0.2, 0.25) is 0 Å². The van der Waals surface area contributed by atoms with Crippen LogP contribution < -0.4 is 0 Å². The molecule has 0 spiro atoms. The van der Waals surface area contributed by atoms with Crippen LogP contribution in [0.1, 0.15) is 164 Å². The summed E-state index contributed by atoms with van der Waals surface area (Å²) in [6, 6.07) is 4.94. The van der Waals surface area contributed by atoms with Gasteiger partial charge in [-0.1, -0.05) is 83.9 Å². The van der Waals surface area contributed by atoms with Crippen molar-refractivity contribution in [3.63, 3.8) is 0 Å². The number of nitriles is 3. The number of nitrogens with zero attached hydrogens (tertiary/aromatic N) is 4. The predicted molar refractivity (Wildman–Crippen MR) is 308 cm³/mol. The van der Waals surface area contributed by atoms with E-state index in [1.165, 1.54) is 14.0 Å². The Hall–Kier alpha value is -4.98. The summed E-state index contributed by atoms with van der Waals surface area (Å²) >= 11 is 0. The van der Waals surface area contributed by atoms with Gasteiger partial charge in [0.05, 0.1) is 101 Å². The van der Waals surface area contributed by atoms with E-state index in [2.05, 4.69) is 25.1 Å². The molecule has 19 nitrogen and oxygen atoms in total. The van der Waals surface area contributed by atoms with Gasteiger partial charge < -0.3 is 54.1 Å². The summed E-state index contributed by atoms with van der Waals surface area (Å²) in [6.07, 6.45) is 17.5. The first-order valence-electron chi connectivity index (χ1n) is 29.6. The molecule has 1 saturated heterocycles. The Balaban J connectivity index is 2.22. The number of carbonyl (C=O) groups is 5. The molecule has 1 saturated carbocycles. The van der Waals surface area contributed by atoms with E-state index in [0.29, 0.717) is 62.4 Å². The number of aliphatic carboxylic acids is 1. The van der Waals surface area contributed by atoms with Crippen molar-refractivity contribution in [1.82, 2.24) is 4.90 Å². The topological polar surface area (TPSA) is 307 Å². The Kier molecular flexibility index (Phi) is 35.3. The second kappa shape index (κ2) is 39.5. The summed E-state index contributed by atoms with van der Waals surface area (Å²) in [7, 11) is 1.39. The van der Waals surface area contributed by atoms with E-state index in [9.17, 15) is 65.3 Å². The zero-order valence-corrected chi connectivity index (χ0v) is 50.3. The van der Waals surface area contributed by atoms with Crippen LogP contribution in [0.5, 0.6) is 0 Å². The molecular weight excluding hydrogens is 1050 g/mol. The molecule has 82 heavy (non-hydrogen) atoms. The summed E-state index contributed by atoms with van der Waals surface area (Å²) in [5, 5.41) is 80.3. The largest absolute Gasteiger partial charge is 0.480 e. The standard InChI is InChI=1S/C63H98N4O15/c1-44(37-48(5)56(70)58(78-8)57(71)49(6)39-47(4)54(69)29-24-45(2)38-51-25-27-52(68)28-26-51)19-10-9-11-20-46(3)55(82-43-62(40-79-34-16-30-64,41-80-35-17-31-65)42-81-36-18-32-66)23-13-12-21-50(7)63(76,77)59(72)60(73)67-33-15-14-22-53(67)61(74)75/h9-11,19-20,39,44-45,47-48,50-53,55,57-58,68,71,76-77H,12-18,21-29,33-38,40-43H2,1-8H3,(H,74,75)/b11-9+,19-10+,46-20+,49-39+/t44-,45+,47-,48-,50-,51?,52?,53+,55?,57-,58+/m1/s1. The summed E-state index contributed by atoms with van der Waals surface area (Å²) in [5.74, 6) is -8.26. The molecule has 0 aromatic carbocycles. The number of hydrogen-bond donors (Lipinski definition) is 5. The molecule has 2 fully saturated rings. The molecule has 0 aromatic rings. The Labute approximate surface area is 488 Å². The highest BCUT2D eigenvalue weighted by atomic mass is 16.5. The third kappa shape index (κ3) is 26.3. The number of piperidine rings is 1. The molecule has 460 valence electrons. The van der Waals surface area contributed by atoms with Gasteiger partial charge in [0.25, 0.3) is 11.7 Å². The number of methoxy groups -OCH3 is 1. The number of aliphatic hydroxyl groups excluding tert-OH is 2. The number of ether oxygens (including phenoxy) is 5. The molecule has 0 aromatic heterocycles. The minimum atomic E-state index is -3.04. The lowest BCUT2D eigenvalue weighted by Gasteiger charge is -2.35. The van der Waals surface area contributed by atoms with Gasteiger partial charge in [0.1, 0.15) is 24.0 Å². The van der Waals surface area contributed by atoms with Crippen molar-refractivity contribution in [3.8, 4) is 18.2 Å². The van der Waals surface area contributed by atoms with Gasteiger partial charge in [0, 0.05) is 37.8 Å². The summed E-state index contributed by atoms with van der Waals surface area (Å²) < 4.78 is 30.0. The van der Waals surface area contributed by atoms with Crippen molar-refractivity contribution in [1.29, 1.82) is 15.8 Å². The maximum atomic E-state index is 13.7. The molecule has 9 atom stereocenters. The van der Waals surface area contributed by atoms with Crippen LogP contribution in [-0.2, 0) is 47.7 Å². The zero-order chi connectivity index (χ0) is 61.3. The summed E-state index contributed by atoms with van der Waals surface area (Å²) in [5.41, 5.74) is 0.381. The minimum Gasteiger partial charge on any atom is -0.480 e. The Morgan fingerprint density at radius 1 is 0.756 bits per heavy atom. The number of Topliss-reactive ketones (excluding diaryl/α,β-unsaturated/α-hetero) is 3. The fraction of sp³-hybridized carbons (Fsp3) is 0.746. The summed E-state index contributed by atoms with van der Waals surface area (Å²) in [4.78, 5) is 66.0. The van der Waals surface area contributed by atoms with Crippen molar-refractivity contribution in [2.75, 3.05) is 59.9 Å². The van der Waals surface area contributed by atoms with Crippen LogP contribution in [0.3, 0.4) is 0 Å². The van der Waals surface area contributed by atoms with E-state index < -0.39 is 71.0 Å². The highest BCUT2D eigenvalue weighted by molar-refractivity contribution is 6.39. The molecule has 2 rings (SSSR count). The number of carboxylic acids is 1. The number of allylic oxidation sites excluding steroid dienone is 6. The lowest BCUT2D eigenvalue weighted by atomic mass is 9.80. The van der Waals surface area contributed by atoms with Crippen molar-refractivity contribution in [3.05, 3.63) is 47.6 Å². The Bertz CT molecular complexity index is 2160. The number of aliphatic hydroxyl groups is 4. The lowest BCUT2D eigenvalue weighted by molar-refractivity contribution is -0.205. The van der Waals surface area contributed by atoms with Gasteiger partial charge in [-0.3, -0.25) is 19.2 Å². The number of rotatable bonds is 42. The number of amides is 1. The number of carbonyl (C=O) groups excluding carboxylic acids is 4. The highest BCUT2D eigenvalue weighted by Crippen LogP contribution is 2.32. The molecule has 5 N–H and O–H groups in total. The Morgan fingerprint density at radius 2 is 1.34 bits per heavy atom. The van der Waals surface area contributed by atoms with E-state index >= 15 is 0 Å². The van der Waals surface area contributed by atoms with Gasteiger partial charge in [-0.25, -0.2) is 4.79 Å². The first-order valence-corrected chi connectivity index (χ1v) is 29.6. The highest BCUT2D eigenvalue weighted by Gasteiger charge is 2.47. The molecule has 0 bridgehead atoms. The van der Waals surface area contributed by atoms with Gasteiger partial charge in [-0.2, -0.15) is 15.8 Å². The second-order valence-corrected chi connectivity index (χ2v) is 23.3. The molecule has 2 aliphatic rings. The van der Waals surface area contributed by atoms with Crippen LogP contribution in [0, 0.1) is 74.9 Å². The van der Waals surface area contributed by atoms with E-state index in [-0.39, 0.29) is 108 Å². The lowest BCUT2D eigenvalue weighted by Crippen LogP contribution is -2.57. The molecule has 19 heteroatoms. The normalized spacial score (nSPS) is 20.5. The first-order chi connectivity index (χ1) is 39.0. The molecule has 1 aliphatic heterocycles. The van der Waals surface area contributed by atoms with Crippen LogP contribution in [-0.4, -0.2) is 156 Å². The van der Waals surface area contributed by atoms with E-state index in [1.807, 2.05) is 51.2 Å². The van der Waals surface area contributed by atoms with Crippen LogP contribution in [0.25, 0.3) is 0 Å². The van der Waals surface area contributed by atoms with Gasteiger partial charge in [-0.15, -0.1) is 0 Å². The number of unbranched alkanes of at least 4 members (excludes halogenated alkanes) is 1. The maximum Gasteiger partial charge on any atom is 0.326 e. The molecular formula is C63H98N4O15. The second-order valence-electron chi connectivity index (χ2n) is 23.3. The predicted octanol–water partition coefficient (Wildman–Crippen LogP) is 8.24. The number of ketones is 3. The van der Waals surface area contributed by atoms with E-state index in [1.54, 1.807) is 19.9 Å². The van der Waals surface area contributed by atoms with Crippen LogP contribution >= 0.6 is 0 Å². The monoisotopic (exact) mass is 1150 g/mol. The van der Waals surface area contributed by atoms with Crippen LogP contribution in [0.15, 0.2) is 47.6 Å². The quantitative estimate of drug-likeness (QED) is 0.0126. The van der Waals surface area contributed by atoms with Gasteiger partial charge in [0.2, 0.25) is 5.79 Å². The molecule has 1 unspecified atom stereocenters. The maximum absolute atomic E-state index is 13.7. The van der Waals surface area contributed by atoms with Crippen molar-refractivity contribution >= 4 is 29.2 Å². The average molecular weight is 1150 g/mol. The van der Waals surface area contributed by atoms with Crippen molar-refractivity contribution < 1.29 is 73.2 Å². The van der Waals surface area contributed by atoms with Gasteiger partial charge >= 0.3 is 5.97 Å². The molecule has 0 radical (unpaired) electrons. The third-order valence-electron chi connectivity index (χ3n) is 16.0. The fourth-order valence-electron chi connectivity index (χ4n) is 10.7. The number of hydrogen-bond acceptors (Lipinski definition) is 17. The number of likely N-dealkylation sites (tertiary alicyclic amines) is 1. The van der Waals surface area contributed by atoms with E-state index in [0.717, 1.165) is 49.0 Å². The van der Waals surface area contributed by atoms with Gasteiger partial charge in [-0.05, 0) is 120 Å². The number of carboxylic acid groups (broad SMARTS) is 1. The Morgan fingerprint density at radius 3 is 1.90 bits per heavy atom. The SMILES string of the molecule is CO[C@@H](C(=O)[C@H](C)C[C@H](C)/C=C/C=C/C=C(\C)C(CCCC[C@@H](C)C(O)(O)C(=O)C(=O)N1CCCC[C@H]1C(=O)O)OCC(COCCC#N)(COCCC#N)COCCC#N)[C@H](O)/C(C)=C/[C@@H](C)C(=O)CC[C@H](C)CC1CCC(O)CC1. The smallest absolute Gasteiger partial charge is 0.326 e. The van der Waals surface area contributed by atoms with Crippen molar-refractivity contribution in [2.45, 2.75) is 200 Å². The van der Waals surface area contributed by atoms with Crippen molar-refractivity contribution in [2.24, 2.45) is 40.9 Å². The van der Waals surface area contributed by atoms with E-state index in [4.69, 9.17) is 23.7 Å². The molecule has 1 aliphatic carbocycles. The van der Waals surface area contributed by atoms with Crippen LogP contribution in [0.4, 0.5) is 0 Å². The molecule has 1 heterocycles. The zero-order valence-electron chi connectivity index (χ0n) is 50.3. The first kappa shape index (κ1) is 73.1.